The highest BCUT2D eigenvalue weighted by Gasteiger charge is 2.25. The van der Waals surface area contributed by atoms with Crippen LogP contribution in [-0.4, -0.2) is 38.1 Å². The average molecular weight is 410 g/mol. The molecule has 8 nitrogen and oxygen atoms in total. The first-order chi connectivity index (χ1) is 14.3. The summed E-state index contributed by atoms with van der Waals surface area (Å²) in [6.45, 7) is 7.15. The number of rotatable bonds is 6. The summed E-state index contributed by atoms with van der Waals surface area (Å²) < 4.78 is 15.5. The molecule has 9 heteroatoms. The van der Waals surface area contributed by atoms with Crippen molar-refractivity contribution in [3.63, 3.8) is 0 Å². The Morgan fingerprint density at radius 3 is 2.47 bits per heavy atom. The quantitative estimate of drug-likeness (QED) is 0.651. The third-order valence-electron chi connectivity index (χ3n) is 4.69. The largest absolute Gasteiger partial charge is 0.340 e. The van der Waals surface area contributed by atoms with Gasteiger partial charge in [-0.25, -0.2) is 4.39 Å². The van der Waals surface area contributed by atoms with E-state index >= 15 is 0 Å². The molecule has 2 N–H and O–H groups in total. The Morgan fingerprint density at radius 1 is 1.10 bits per heavy atom. The SMILES string of the molecule is Cc1ccccc1C(=O)NC(C(=O)Nc1ccc(F)c(-n2nnnc2C)c1)C(C)C. The molecular weight excluding hydrogens is 387 g/mol. The van der Waals surface area contributed by atoms with Crippen LogP contribution in [0.5, 0.6) is 0 Å². The molecule has 2 aromatic carbocycles. The van der Waals surface area contributed by atoms with Crippen LogP contribution in [0.3, 0.4) is 0 Å². The van der Waals surface area contributed by atoms with Crippen molar-refractivity contribution in [2.24, 2.45) is 5.92 Å². The number of nitrogens with zero attached hydrogens (tertiary/aromatic N) is 4. The van der Waals surface area contributed by atoms with Crippen LogP contribution in [0.1, 0.15) is 35.6 Å². The molecule has 30 heavy (non-hydrogen) atoms. The first kappa shape index (κ1) is 21.1. The molecule has 0 bridgehead atoms. The van der Waals surface area contributed by atoms with E-state index in [1.807, 2.05) is 32.9 Å². The average Bonchev–Trinajstić information content (AvgIpc) is 3.13. The number of benzene rings is 2. The monoisotopic (exact) mass is 410 g/mol. The highest BCUT2D eigenvalue weighted by Crippen LogP contribution is 2.20. The number of tetrazole rings is 1. The molecule has 0 aliphatic heterocycles. The molecule has 0 saturated carbocycles. The Bertz CT molecular complexity index is 1080. The molecule has 0 spiro atoms. The smallest absolute Gasteiger partial charge is 0.252 e. The topological polar surface area (TPSA) is 102 Å². The number of halogens is 1. The lowest BCUT2D eigenvalue weighted by Gasteiger charge is -2.22. The first-order valence-electron chi connectivity index (χ1n) is 9.50. The molecule has 2 amide bonds. The third-order valence-corrected chi connectivity index (χ3v) is 4.69. The number of aromatic nitrogens is 4. The number of nitrogens with one attached hydrogen (secondary N) is 2. The van der Waals surface area contributed by atoms with Crippen molar-refractivity contribution in [3.05, 3.63) is 65.2 Å². The summed E-state index contributed by atoms with van der Waals surface area (Å²) in [5.74, 6) is -1.02. The fraction of sp³-hybridized carbons (Fsp3) is 0.286. The van der Waals surface area contributed by atoms with E-state index in [-0.39, 0.29) is 17.5 Å². The van der Waals surface area contributed by atoms with Gasteiger partial charge in [-0.1, -0.05) is 32.0 Å². The second kappa shape index (κ2) is 8.81. The van der Waals surface area contributed by atoms with Crippen molar-refractivity contribution in [1.29, 1.82) is 0 Å². The van der Waals surface area contributed by atoms with Crippen LogP contribution in [0.2, 0.25) is 0 Å². The number of carbonyl (C=O) groups is 2. The Labute approximate surface area is 173 Å². The molecule has 1 aromatic heterocycles. The van der Waals surface area contributed by atoms with Crippen LogP contribution in [0.25, 0.3) is 5.69 Å². The van der Waals surface area contributed by atoms with Gasteiger partial charge in [-0.05, 0) is 60.0 Å². The minimum atomic E-state index is -0.777. The molecule has 0 aliphatic carbocycles. The van der Waals surface area contributed by atoms with Gasteiger partial charge in [0.05, 0.1) is 0 Å². The van der Waals surface area contributed by atoms with Crippen molar-refractivity contribution in [2.75, 3.05) is 5.32 Å². The Kier molecular flexibility index (Phi) is 6.20. The Balaban J connectivity index is 1.80. The Morgan fingerprint density at radius 2 is 1.83 bits per heavy atom. The van der Waals surface area contributed by atoms with Gasteiger partial charge in [-0.2, -0.15) is 4.68 Å². The number of amides is 2. The van der Waals surface area contributed by atoms with Crippen LogP contribution < -0.4 is 10.6 Å². The normalized spacial score (nSPS) is 11.9. The second-order valence-corrected chi connectivity index (χ2v) is 7.30. The summed E-state index contributed by atoms with van der Waals surface area (Å²) >= 11 is 0. The van der Waals surface area contributed by atoms with E-state index in [9.17, 15) is 14.0 Å². The molecular formula is C21H23FN6O2. The fourth-order valence-electron chi connectivity index (χ4n) is 3.01. The van der Waals surface area contributed by atoms with Crippen molar-refractivity contribution in [3.8, 4) is 5.69 Å². The fourth-order valence-corrected chi connectivity index (χ4v) is 3.01. The first-order valence-corrected chi connectivity index (χ1v) is 9.50. The van der Waals surface area contributed by atoms with Gasteiger partial charge in [0.1, 0.15) is 17.5 Å². The van der Waals surface area contributed by atoms with Gasteiger partial charge >= 0.3 is 0 Å². The van der Waals surface area contributed by atoms with Crippen molar-refractivity contribution in [2.45, 2.75) is 33.7 Å². The molecule has 1 unspecified atom stereocenters. The van der Waals surface area contributed by atoms with E-state index in [2.05, 4.69) is 26.2 Å². The molecule has 156 valence electrons. The summed E-state index contributed by atoms with van der Waals surface area (Å²) in [5.41, 5.74) is 1.80. The molecule has 0 radical (unpaired) electrons. The lowest BCUT2D eigenvalue weighted by molar-refractivity contribution is -0.118. The lowest BCUT2D eigenvalue weighted by Crippen LogP contribution is -2.47. The van der Waals surface area contributed by atoms with Gasteiger partial charge in [0.2, 0.25) is 5.91 Å². The number of anilines is 1. The van der Waals surface area contributed by atoms with Crippen LogP contribution in [-0.2, 0) is 4.79 Å². The molecule has 0 saturated heterocycles. The van der Waals surface area contributed by atoms with Crippen LogP contribution >= 0.6 is 0 Å². The molecule has 0 aliphatic rings. The third kappa shape index (κ3) is 4.51. The minimum absolute atomic E-state index is 0.111. The zero-order chi connectivity index (χ0) is 21.8. The van der Waals surface area contributed by atoms with E-state index in [4.69, 9.17) is 0 Å². The van der Waals surface area contributed by atoms with Gasteiger partial charge in [0, 0.05) is 11.3 Å². The molecule has 3 aromatic rings. The minimum Gasteiger partial charge on any atom is -0.340 e. The predicted octanol–water partition coefficient (Wildman–Crippen LogP) is 2.81. The van der Waals surface area contributed by atoms with Gasteiger partial charge in [0.25, 0.3) is 5.91 Å². The van der Waals surface area contributed by atoms with E-state index < -0.39 is 17.8 Å². The standard InChI is InChI=1S/C21H23FN6O2/c1-12(2)19(24-20(29)16-8-6-5-7-13(16)3)21(30)23-15-9-10-17(22)18(11-15)28-14(4)25-26-27-28/h5-12,19H,1-4H3,(H,23,30)(H,24,29). The number of hydrogen-bond acceptors (Lipinski definition) is 5. The van der Waals surface area contributed by atoms with Crippen LogP contribution in [0, 0.1) is 25.6 Å². The summed E-state index contributed by atoms with van der Waals surface area (Å²) in [7, 11) is 0. The van der Waals surface area contributed by atoms with E-state index in [1.165, 1.54) is 22.9 Å². The molecule has 0 fully saturated rings. The van der Waals surface area contributed by atoms with Crippen molar-refractivity contribution >= 4 is 17.5 Å². The highest BCUT2D eigenvalue weighted by molar-refractivity contribution is 6.02. The van der Waals surface area contributed by atoms with E-state index in [0.717, 1.165) is 5.56 Å². The lowest BCUT2D eigenvalue weighted by atomic mass is 10.0. The number of carbonyl (C=O) groups excluding carboxylic acids is 2. The summed E-state index contributed by atoms with van der Waals surface area (Å²) in [4.78, 5) is 25.6. The predicted molar refractivity (Wildman–Crippen MR) is 110 cm³/mol. The maximum Gasteiger partial charge on any atom is 0.252 e. The highest BCUT2D eigenvalue weighted by atomic mass is 19.1. The zero-order valence-electron chi connectivity index (χ0n) is 17.2. The Hall–Kier alpha value is -3.62. The van der Waals surface area contributed by atoms with Gasteiger partial charge in [0.15, 0.2) is 5.82 Å². The van der Waals surface area contributed by atoms with Crippen LogP contribution in [0.4, 0.5) is 10.1 Å². The van der Waals surface area contributed by atoms with Gasteiger partial charge < -0.3 is 10.6 Å². The van der Waals surface area contributed by atoms with Crippen molar-refractivity contribution < 1.29 is 14.0 Å². The maximum atomic E-state index is 14.2. The van der Waals surface area contributed by atoms with Gasteiger partial charge in [-0.3, -0.25) is 9.59 Å². The summed E-state index contributed by atoms with van der Waals surface area (Å²) in [6.07, 6.45) is 0. The second-order valence-electron chi connectivity index (χ2n) is 7.30. The maximum absolute atomic E-state index is 14.2. The number of hydrogen-bond donors (Lipinski definition) is 2. The van der Waals surface area contributed by atoms with E-state index in [0.29, 0.717) is 17.1 Å². The van der Waals surface area contributed by atoms with Crippen LogP contribution in [0.15, 0.2) is 42.5 Å². The van der Waals surface area contributed by atoms with Gasteiger partial charge in [-0.15, -0.1) is 5.10 Å². The number of aryl methyl sites for hydroxylation is 2. The van der Waals surface area contributed by atoms with Crippen molar-refractivity contribution in [1.82, 2.24) is 25.5 Å². The summed E-state index contributed by atoms with van der Waals surface area (Å²) in [6, 6.07) is 10.5. The summed E-state index contributed by atoms with van der Waals surface area (Å²) in [5, 5.41) is 16.5. The zero-order valence-corrected chi connectivity index (χ0v) is 17.2. The molecule has 1 heterocycles. The van der Waals surface area contributed by atoms with E-state index in [1.54, 1.807) is 19.1 Å². The molecule has 1 atom stereocenters. The molecule has 3 rings (SSSR count).